The van der Waals surface area contributed by atoms with E-state index in [0.29, 0.717) is 17.3 Å². The highest BCUT2D eigenvalue weighted by atomic mass is 32.2. The number of ether oxygens (including phenoxy) is 2. The van der Waals surface area contributed by atoms with Gasteiger partial charge in [-0.1, -0.05) is 29.2 Å². The second kappa shape index (κ2) is 9.57. The Labute approximate surface area is 172 Å². The largest absolute Gasteiger partial charge is 0.497 e. The summed E-state index contributed by atoms with van der Waals surface area (Å²) in [5, 5.41) is 11.9. The molecule has 6 nitrogen and oxygen atoms in total. The molecule has 2 aromatic carbocycles. The Morgan fingerprint density at radius 1 is 1.18 bits per heavy atom. The highest BCUT2D eigenvalue weighted by Crippen LogP contribution is 2.32. The molecule has 1 N–H and O–H groups in total. The summed E-state index contributed by atoms with van der Waals surface area (Å²) >= 11 is 2.81. The number of ketones is 1. The normalized spacial score (nSPS) is 11.7. The van der Waals surface area contributed by atoms with E-state index in [1.54, 1.807) is 19.2 Å². The molecule has 0 aliphatic rings. The maximum Gasteiger partial charge on any atom is 0.210 e. The lowest BCUT2D eigenvalue weighted by molar-refractivity contribution is 0.0994. The van der Waals surface area contributed by atoms with Gasteiger partial charge in [0, 0.05) is 17.3 Å². The van der Waals surface area contributed by atoms with Crippen LogP contribution in [0.1, 0.15) is 24.2 Å². The number of Topliss-reactive ketones (excluding diaryl/α,β-unsaturated/α-hetero) is 1. The van der Waals surface area contributed by atoms with Crippen molar-refractivity contribution in [2.75, 3.05) is 19.0 Å². The Bertz CT molecular complexity index is 928. The minimum absolute atomic E-state index is 0.0468. The fourth-order valence-corrected chi connectivity index (χ4v) is 4.45. The quantitative estimate of drug-likeness (QED) is 0.387. The van der Waals surface area contributed by atoms with Crippen molar-refractivity contribution in [3.05, 3.63) is 54.1 Å². The first-order valence-electron chi connectivity index (χ1n) is 8.77. The fraction of sp³-hybridized carbons (Fsp3) is 0.250. The van der Waals surface area contributed by atoms with Crippen LogP contribution in [0.25, 0.3) is 0 Å². The number of carbonyl (C=O) groups excluding carboxylic acids is 1. The number of aromatic nitrogens is 2. The molecule has 0 bridgehead atoms. The lowest BCUT2D eigenvalue weighted by Crippen LogP contribution is -2.13. The average Bonchev–Trinajstić information content (AvgIpc) is 3.15. The zero-order valence-corrected chi connectivity index (χ0v) is 17.5. The van der Waals surface area contributed by atoms with Gasteiger partial charge >= 0.3 is 0 Å². The van der Waals surface area contributed by atoms with Gasteiger partial charge in [-0.05, 0) is 50.2 Å². The number of nitrogens with zero attached hydrogens (tertiary/aromatic N) is 2. The summed E-state index contributed by atoms with van der Waals surface area (Å²) in [5.41, 5.74) is 1.52. The fourth-order valence-electron chi connectivity index (χ4n) is 2.45. The molecule has 1 heterocycles. The molecule has 0 amide bonds. The van der Waals surface area contributed by atoms with E-state index < -0.39 is 0 Å². The summed E-state index contributed by atoms with van der Waals surface area (Å²) in [6.07, 6.45) is 0. The van der Waals surface area contributed by atoms with Crippen LogP contribution in [0.2, 0.25) is 0 Å². The molecule has 0 saturated heterocycles. The summed E-state index contributed by atoms with van der Waals surface area (Å²) in [6.45, 7) is 4.40. The van der Waals surface area contributed by atoms with Gasteiger partial charge in [-0.15, -0.1) is 10.2 Å². The van der Waals surface area contributed by atoms with Gasteiger partial charge in [0.1, 0.15) is 11.5 Å². The van der Waals surface area contributed by atoms with E-state index in [2.05, 4.69) is 15.5 Å². The third kappa shape index (κ3) is 5.24. The van der Waals surface area contributed by atoms with Gasteiger partial charge in [-0.3, -0.25) is 4.79 Å². The Balaban J connectivity index is 1.61. The summed E-state index contributed by atoms with van der Waals surface area (Å²) in [7, 11) is 1.63. The predicted molar refractivity (Wildman–Crippen MR) is 113 cm³/mol. The van der Waals surface area contributed by atoms with Crippen molar-refractivity contribution in [2.24, 2.45) is 0 Å². The van der Waals surface area contributed by atoms with Crippen molar-refractivity contribution in [2.45, 2.75) is 23.4 Å². The van der Waals surface area contributed by atoms with Crippen molar-refractivity contribution in [3.8, 4) is 11.5 Å². The number of hydrogen-bond donors (Lipinski definition) is 1. The van der Waals surface area contributed by atoms with Gasteiger partial charge in [0.15, 0.2) is 10.1 Å². The van der Waals surface area contributed by atoms with Crippen LogP contribution in [-0.4, -0.2) is 34.9 Å². The van der Waals surface area contributed by atoms with Crippen LogP contribution in [0, 0.1) is 0 Å². The number of anilines is 2. The Morgan fingerprint density at radius 3 is 2.68 bits per heavy atom. The molecule has 0 aliphatic carbocycles. The molecule has 1 atom stereocenters. The molecular weight excluding hydrogens is 394 g/mol. The Morgan fingerprint density at radius 2 is 1.96 bits per heavy atom. The van der Waals surface area contributed by atoms with Crippen LogP contribution >= 0.6 is 23.1 Å². The maximum absolute atomic E-state index is 12.7. The van der Waals surface area contributed by atoms with Crippen LogP contribution < -0.4 is 14.8 Å². The Hall–Kier alpha value is -2.58. The standard InChI is InChI=1S/C20H21N3O3S2/c1-4-26-16-10-8-14(9-11-16)18(24)13(2)27-20-23-22-19(28-20)21-15-6-5-7-17(12-15)25-3/h5-13H,4H2,1-3H3,(H,21,22)/t13-/m1/s1. The molecule has 1 aromatic heterocycles. The van der Waals surface area contributed by atoms with Crippen molar-refractivity contribution < 1.29 is 14.3 Å². The van der Waals surface area contributed by atoms with E-state index in [-0.39, 0.29) is 11.0 Å². The van der Waals surface area contributed by atoms with Gasteiger partial charge in [0.05, 0.1) is 19.0 Å². The van der Waals surface area contributed by atoms with Gasteiger partial charge < -0.3 is 14.8 Å². The first-order valence-corrected chi connectivity index (χ1v) is 10.5. The van der Waals surface area contributed by atoms with E-state index in [1.807, 2.05) is 50.2 Å². The number of benzene rings is 2. The zero-order chi connectivity index (χ0) is 19.9. The van der Waals surface area contributed by atoms with Gasteiger partial charge in [0.2, 0.25) is 5.13 Å². The van der Waals surface area contributed by atoms with Crippen LogP contribution in [-0.2, 0) is 0 Å². The highest BCUT2D eigenvalue weighted by molar-refractivity contribution is 8.02. The molecule has 146 valence electrons. The van der Waals surface area contributed by atoms with E-state index >= 15 is 0 Å². The second-order valence-electron chi connectivity index (χ2n) is 5.81. The SMILES string of the molecule is CCOc1ccc(C(=O)[C@@H](C)Sc2nnc(Nc3cccc(OC)c3)s2)cc1. The van der Waals surface area contributed by atoms with Crippen LogP contribution in [0.5, 0.6) is 11.5 Å². The maximum atomic E-state index is 12.7. The first kappa shape index (κ1) is 20.2. The molecular formula is C20H21N3O3S2. The first-order chi connectivity index (χ1) is 13.6. The monoisotopic (exact) mass is 415 g/mol. The van der Waals surface area contributed by atoms with Crippen LogP contribution in [0.3, 0.4) is 0 Å². The van der Waals surface area contributed by atoms with Gasteiger partial charge in [0.25, 0.3) is 0 Å². The molecule has 0 unspecified atom stereocenters. The van der Waals surface area contributed by atoms with Crippen molar-refractivity contribution in [3.63, 3.8) is 0 Å². The zero-order valence-electron chi connectivity index (χ0n) is 15.8. The van der Waals surface area contributed by atoms with Crippen LogP contribution in [0.15, 0.2) is 52.9 Å². The third-order valence-electron chi connectivity index (χ3n) is 3.82. The van der Waals surface area contributed by atoms with E-state index in [1.165, 1.54) is 23.1 Å². The predicted octanol–water partition coefficient (Wildman–Crippen LogP) is 5.05. The van der Waals surface area contributed by atoms with Crippen molar-refractivity contribution in [1.29, 1.82) is 0 Å². The number of rotatable bonds is 9. The molecule has 0 aliphatic heterocycles. The molecule has 3 rings (SSSR count). The number of nitrogens with one attached hydrogen (secondary N) is 1. The minimum atomic E-state index is -0.268. The van der Waals surface area contributed by atoms with Crippen molar-refractivity contribution in [1.82, 2.24) is 10.2 Å². The van der Waals surface area contributed by atoms with Gasteiger partial charge in [-0.2, -0.15) is 0 Å². The molecule has 0 fully saturated rings. The molecule has 0 spiro atoms. The Kier molecular flexibility index (Phi) is 6.89. The van der Waals surface area contributed by atoms with Crippen molar-refractivity contribution >= 4 is 39.7 Å². The van der Waals surface area contributed by atoms with E-state index in [9.17, 15) is 4.79 Å². The summed E-state index contributed by atoms with van der Waals surface area (Å²) < 4.78 is 11.4. The molecule has 3 aromatic rings. The molecule has 0 saturated carbocycles. The molecule has 8 heteroatoms. The molecule has 28 heavy (non-hydrogen) atoms. The highest BCUT2D eigenvalue weighted by Gasteiger charge is 2.19. The molecule has 0 radical (unpaired) electrons. The average molecular weight is 416 g/mol. The second-order valence-corrected chi connectivity index (χ2v) is 8.38. The smallest absolute Gasteiger partial charge is 0.210 e. The van der Waals surface area contributed by atoms with Crippen LogP contribution in [0.4, 0.5) is 10.8 Å². The lowest BCUT2D eigenvalue weighted by atomic mass is 10.1. The summed E-state index contributed by atoms with van der Waals surface area (Å²) in [5.74, 6) is 1.57. The third-order valence-corrected chi connectivity index (χ3v) is 5.85. The lowest BCUT2D eigenvalue weighted by Gasteiger charge is -2.09. The topological polar surface area (TPSA) is 73.3 Å². The van der Waals surface area contributed by atoms with Gasteiger partial charge in [-0.25, -0.2) is 0 Å². The minimum Gasteiger partial charge on any atom is -0.497 e. The number of thioether (sulfide) groups is 1. The van der Waals surface area contributed by atoms with E-state index in [0.717, 1.165) is 21.5 Å². The number of hydrogen-bond acceptors (Lipinski definition) is 8. The number of carbonyl (C=O) groups is 1. The summed E-state index contributed by atoms with van der Waals surface area (Å²) in [6, 6.07) is 14.8. The summed E-state index contributed by atoms with van der Waals surface area (Å²) in [4.78, 5) is 12.7. The number of methoxy groups -OCH3 is 1. The van der Waals surface area contributed by atoms with E-state index in [4.69, 9.17) is 9.47 Å².